The van der Waals surface area contributed by atoms with Crippen LogP contribution in [0, 0.1) is 0 Å². The van der Waals surface area contributed by atoms with Gasteiger partial charge in [-0.2, -0.15) is 0 Å². The zero-order valence-electron chi connectivity index (χ0n) is 14.4. The number of fused-ring (bicyclic) bond motifs is 1. The number of piperidine rings is 1. The van der Waals surface area contributed by atoms with Crippen molar-refractivity contribution in [2.75, 3.05) is 6.54 Å². The Hall–Kier alpha value is -2.30. The molecule has 0 bridgehead atoms. The third-order valence-electron chi connectivity index (χ3n) is 4.10. The minimum absolute atomic E-state index is 0.156. The number of furan rings is 1. The molecule has 1 atom stereocenters. The van der Waals surface area contributed by atoms with Crippen molar-refractivity contribution < 1.29 is 18.7 Å². The first kappa shape index (κ1) is 16.6. The van der Waals surface area contributed by atoms with Crippen molar-refractivity contribution in [2.45, 2.75) is 51.7 Å². The average Bonchev–Trinajstić information content (AvgIpc) is 2.96. The molecule has 5 heteroatoms. The van der Waals surface area contributed by atoms with Gasteiger partial charge in [-0.05, 0) is 52.2 Å². The van der Waals surface area contributed by atoms with E-state index in [0.717, 1.165) is 18.2 Å². The summed E-state index contributed by atoms with van der Waals surface area (Å²) in [5.74, 6) is 0.147. The van der Waals surface area contributed by atoms with Crippen molar-refractivity contribution in [3.8, 4) is 0 Å². The number of hydrogen-bond acceptors (Lipinski definition) is 4. The summed E-state index contributed by atoms with van der Waals surface area (Å²) >= 11 is 0. The fraction of sp³-hybridized carbons (Fsp3) is 0.474. The number of hydrogen-bond donors (Lipinski definition) is 0. The molecule has 1 saturated heterocycles. The molecule has 1 aliphatic rings. The lowest BCUT2D eigenvalue weighted by Crippen LogP contribution is -2.49. The molecule has 1 aromatic heterocycles. The Morgan fingerprint density at radius 1 is 1.21 bits per heavy atom. The lowest BCUT2D eigenvalue weighted by Gasteiger charge is -2.35. The highest BCUT2D eigenvalue weighted by Gasteiger charge is 2.36. The van der Waals surface area contributed by atoms with Gasteiger partial charge in [0.25, 0.3) is 0 Å². The van der Waals surface area contributed by atoms with Gasteiger partial charge in [0.15, 0.2) is 5.76 Å². The minimum atomic E-state index is -0.582. The van der Waals surface area contributed by atoms with Gasteiger partial charge >= 0.3 is 6.09 Å². The summed E-state index contributed by atoms with van der Waals surface area (Å²) in [6.07, 6.45) is 1.99. The number of para-hydroxylation sites is 1. The van der Waals surface area contributed by atoms with Crippen LogP contribution in [0.25, 0.3) is 11.0 Å². The molecule has 1 amide bonds. The zero-order chi connectivity index (χ0) is 17.3. The Balaban J connectivity index is 1.84. The summed E-state index contributed by atoms with van der Waals surface area (Å²) in [6.45, 7) is 6.01. The van der Waals surface area contributed by atoms with Crippen molar-refractivity contribution in [3.05, 3.63) is 36.1 Å². The average molecular weight is 329 g/mol. The van der Waals surface area contributed by atoms with Crippen molar-refractivity contribution in [2.24, 2.45) is 0 Å². The second-order valence-corrected chi connectivity index (χ2v) is 7.20. The maximum atomic E-state index is 12.9. The van der Waals surface area contributed by atoms with Crippen LogP contribution in [-0.4, -0.2) is 35.0 Å². The number of likely N-dealkylation sites (tertiary alicyclic amines) is 1. The summed E-state index contributed by atoms with van der Waals surface area (Å²) in [5.41, 5.74) is 0.0991. The van der Waals surface area contributed by atoms with Crippen LogP contribution >= 0.6 is 0 Å². The largest absolute Gasteiger partial charge is 0.453 e. The van der Waals surface area contributed by atoms with E-state index in [0.29, 0.717) is 24.3 Å². The van der Waals surface area contributed by atoms with E-state index in [2.05, 4.69) is 0 Å². The van der Waals surface area contributed by atoms with E-state index in [1.807, 2.05) is 45.0 Å². The van der Waals surface area contributed by atoms with Gasteiger partial charge in [-0.3, -0.25) is 9.69 Å². The Bertz CT molecular complexity index is 723. The monoisotopic (exact) mass is 329 g/mol. The quantitative estimate of drug-likeness (QED) is 0.766. The number of amides is 1. The molecule has 1 aromatic carbocycles. The molecule has 5 nitrogen and oxygen atoms in total. The molecule has 1 fully saturated rings. The van der Waals surface area contributed by atoms with E-state index < -0.39 is 17.7 Å². The van der Waals surface area contributed by atoms with E-state index in [1.165, 1.54) is 0 Å². The summed E-state index contributed by atoms with van der Waals surface area (Å²) in [6, 6.07) is 8.74. The second-order valence-electron chi connectivity index (χ2n) is 7.20. The molecule has 0 saturated carbocycles. The number of carbonyl (C=O) groups excluding carboxylic acids is 2. The number of rotatable bonds is 2. The van der Waals surface area contributed by atoms with Crippen LogP contribution < -0.4 is 0 Å². The van der Waals surface area contributed by atoms with Crippen molar-refractivity contribution in [1.29, 1.82) is 0 Å². The van der Waals surface area contributed by atoms with E-state index in [9.17, 15) is 9.59 Å². The van der Waals surface area contributed by atoms with Crippen molar-refractivity contribution >= 4 is 22.8 Å². The number of Topliss-reactive ketones (excluding diaryl/α,β-unsaturated/α-hetero) is 1. The molecule has 2 aromatic rings. The Morgan fingerprint density at radius 2 is 1.96 bits per heavy atom. The molecular formula is C19H23NO4. The lowest BCUT2D eigenvalue weighted by molar-refractivity contribution is 0.0101. The molecule has 2 heterocycles. The molecule has 0 aliphatic carbocycles. The van der Waals surface area contributed by atoms with Crippen LogP contribution in [0.15, 0.2) is 34.7 Å². The Morgan fingerprint density at radius 3 is 2.67 bits per heavy atom. The summed E-state index contributed by atoms with van der Waals surface area (Å²) in [5, 5.41) is 0.889. The van der Waals surface area contributed by atoms with Gasteiger partial charge in [0.2, 0.25) is 5.78 Å². The van der Waals surface area contributed by atoms with Gasteiger partial charge in [-0.1, -0.05) is 18.2 Å². The number of nitrogens with zero attached hydrogens (tertiary/aromatic N) is 1. The topological polar surface area (TPSA) is 59.8 Å². The fourth-order valence-electron chi connectivity index (χ4n) is 3.01. The van der Waals surface area contributed by atoms with Crippen molar-refractivity contribution in [3.63, 3.8) is 0 Å². The third-order valence-corrected chi connectivity index (χ3v) is 4.10. The van der Waals surface area contributed by atoms with Crippen LogP contribution in [0.5, 0.6) is 0 Å². The molecule has 1 aliphatic heterocycles. The van der Waals surface area contributed by atoms with Crippen LogP contribution in [0.4, 0.5) is 4.79 Å². The molecule has 128 valence electrons. The Labute approximate surface area is 141 Å². The summed E-state index contributed by atoms with van der Waals surface area (Å²) in [7, 11) is 0. The normalized spacial score (nSPS) is 18.6. The van der Waals surface area contributed by atoms with Gasteiger partial charge in [-0.25, -0.2) is 4.79 Å². The first-order valence-corrected chi connectivity index (χ1v) is 8.37. The number of benzene rings is 1. The predicted octanol–water partition coefficient (Wildman–Crippen LogP) is 4.41. The maximum absolute atomic E-state index is 12.9. The molecule has 0 spiro atoms. The molecule has 0 N–H and O–H groups in total. The summed E-state index contributed by atoms with van der Waals surface area (Å²) < 4.78 is 11.1. The fourth-order valence-corrected chi connectivity index (χ4v) is 3.01. The van der Waals surface area contributed by atoms with Gasteiger partial charge < -0.3 is 9.15 Å². The molecule has 0 radical (unpaired) electrons. The lowest BCUT2D eigenvalue weighted by atomic mass is 9.97. The van der Waals surface area contributed by atoms with Crippen LogP contribution in [-0.2, 0) is 4.74 Å². The Kier molecular flexibility index (Phi) is 4.35. The van der Waals surface area contributed by atoms with Crippen LogP contribution in [0.3, 0.4) is 0 Å². The van der Waals surface area contributed by atoms with Crippen molar-refractivity contribution in [1.82, 2.24) is 4.90 Å². The van der Waals surface area contributed by atoms with Crippen LogP contribution in [0.1, 0.15) is 50.6 Å². The highest BCUT2D eigenvalue weighted by Crippen LogP contribution is 2.26. The van der Waals surface area contributed by atoms with Gasteiger partial charge in [-0.15, -0.1) is 0 Å². The molecule has 1 unspecified atom stereocenters. The maximum Gasteiger partial charge on any atom is 0.410 e. The van der Waals surface area contributed by atoms with Gasteiger partial charge in [0.1, 0.15) is 17.2 Å². The first-order valence-electron chi connectivity index (χ1n) is 8.37. The van der Waals surface area contributed by atoms with Crippen LogP contribution in [0.2, 0.25) is 0 Å². The van der Waals surface area contributed by atoms with Gasteiger partial charge in [0, 0.05) is 11.9 Å². The molecule has 3 rings (SSSR count). The molecular weight excluding hydrogens is 306 g/mol. The zero-order valence-corrected chi connectivity index (χ0v) is 14.4. The molecule has 24 heavy (non-hydrogen) atoms. The van der Waals surface area contributed by atoms with E-state index in [-0.39, 0.29) is 5.78 Å². The highest BCUT2D eigenvalue weighted by molar-refractivity contribution is 6.02. The van der Waals surface area contributed by atoms with Gasteiger partial charge in [0.05, 0.1) is 0 Å². The number of ether oxygens (including phenoxy) is 1. The number of carbonyl (C=O) groups is 2. The van der Waals surface area contributed by atoms with E-state index >= 15 is 0 Å². The highest BCUT2D eigenvalue weighted by atomic mass is 16.6. The summed E-state index contributed by atoms with van der Waals surface area (Å²) in [4.78, 5) is 26.9. The smallest absolute Gasteiger partial charge is 0.410 e. The second kappa shape index (κ2) is 6.30. The predicted molar refractivity (Wildman–Crippen MR) is 91.1 cm³/mol. The first-order chi connectivity index (χ1) is 11.3. The third kappa shape index (κ3) is 3.45. The number of ketones is 1. The standard InChI is InChI=1S/C19H23NO4/c1-19(2,3)24-18(22)20-11-7-6-9-14(20)17(21)16-12-13-8-4-5-10-15(13)23-16/h4-5,8,10,12,14H,6-7,9,11H2,1-3H3. The minimum Gasteiger partial charge on any atom is -0.453 e. The van der Waals surface area contributed by atoms with E-state index in [1.54, 1.807) is 11.0 Å². The SMILES string of the molecule is CC(C)(C)OC(=O)N1CCCCC1C(=O)c1cc2ccccc2o1. The van der Waals surface area contributed by atoms with E-state index in [4.69, 9.17) is 9.15 Å².